The van der Waals surface area contributed by atoms with Crippen molar-refractivity contribution in [2.75, 3.05) is 18.0 Å². The second kappa shape index (κ2) is 7.52. The third-order valence-corrected chi connectivity index (χ3v) is 4.99. The first-order valence-electron chi connectivity index (χ1n) is 9.17. The zero-order chi connectivity index (χ0) is 18.8. The van der Waals surface area contributed by atoms with E-state index < -0.39 is 0 Å². The van der Waals surface area contributed by atoms with Crippen molar-refractivity contribution in [1.82, 2.24) is 25.3 Å². The standard InChI is InChI=1S/C19H21ClN6O.H2/c1-2-6-22-19(27)15-4-3-8-26(15)16-5-7-21-18(25-16)14-11-24-17-13(14)9-12(20)10-23-17;/h5,7,9-11,15H,2-4,6,8H2,1H3,(H,22,27)(H,23,24);1H/t15-;/m1./s1. The summed E-state index contributed by atoms with van der Waals surface area (Å²) in [5, 5.41) is 4.43. The topological polar surface area (TPSA) is 86.8 Å². The van der Waals surface area contributed by atoms with Gasteiger partial charge in [0.2, 0.25) is 5.91 Å². The van der Waals surface area contributed by atoms with Crippen LogP contribution in [0.25, 0.3) is 22.4 Å². The van der Waals surface area contributed by atoms with Gasteiger partial charge in [-0.15, -0.1) is 0 Å². The minimum Gasteiger partial charge on any atom is -0.354 e. The SMILES string of the molecule is CCCNC(=O)[C@H]1CCCN1c1ccnc(-c2c[nH]c3ncc(Cl)cc23)n1.[HH]. The van der Waals surface area contributed by atoms with Gasteiger partial charge in [0.15, 0.2) is 5.82 Å². The van der Waals surface area contributed by atoms with Crippen LogP contribution in [0.3, 0.4) is 0 Å². The summed E-state index contributed by atoms with van der Waals surface area (Å²) in [7, 11) is 0. The minimum absolute atomic E-state index is 0. The van der Waals surface area contributed by atoms with Gasteiger partial charge in [-0.1, -0.05) is 18.5 Å². The number of H-pyrrole nitrogens is 1. The van der Waals surface area contributed by atoms with Gasteiger partial charge in [0.1, 0.15) is 17.5 Å². The van der Waals surface area contributed by atoms with Crippen LogP contribution in [0.1, 0.15) is 27.6 Å². The Bertz CT molecular complexity index is 978. The first-order valence-corrected chi connectivity index (χ1v) is 9.55. The number of rotatable bonds is 5. The second-order valence-electron chi connectivity index (χ2n) is 6.63. The molecule has 1 atom stereocenters. The number of fused-ring (bicyclic) bond motifs is 1. The third kappa shape index (κ3) is 3.47. The lowest BCUT2D eigenvalue weighted by atomic mass is 10.2. The summed E-state index contributed by atoms with van der Waals surface area (Å²) < 4.78 is 0. The Morgan fingerprint density at radius 2 is 2.37 bits per heavy atom. The molecule has 2 N–H and O–H groups in total. The molecule has 0 aromatic carbocycles. The average molecular weight is 387 g/mol. The Morgan fingerprint density at radius 3 is 3.22 bits per heavy atom. The number of aromatic amines is 1. The van der Waals surface area contributed by atoms with Gasteiger partial charge in [-0.3, -0.25) is 4.79 Å². The summed E-state index contributed by atoms with van der Waals surface area (Å²) in [4.78, 5) is 31.1. The summed E-state index contributed by atoms with van der Waals surface area (Å²) in [5.74, 6) is 1.42. The van der Waals surface area contributed by atoms with Gasteiger partial charge < -0.3 is 15.2 Å². The molecule has 1 fully saturated rings. The van der Waals surface area contributed by atoms with Crippen LogP contribution in [-0.2, 0) is 4.79 Å². The molecule has 7 nitrogen and oxygen atoms in total. The van der Waals surface area contributed by atoms with E-state index in [1.165, 1.54) is 0 Å². The van der Waals surface area contributed by atoms with Crippen LogP contribution in [0.4, 0.5) is 5.82 Å². The normalized spacial score (nSPS) is 16.8. The number of aromatic nitrogens is 4. The molecule has 0 aliphatic carbocycles. The molecule has 1 saturated heterocycles. The summed E-state index contributed by atoms with van der Waals surface area (Å²) >= 11 is 6.10. The van der Waals surface area contributed by atoms with Crippen LogP contribution in [0.15, 0.2) is 30.7 Å². The molecular weight excluding hydrogens is 364 g/mol. The third-order valence-electron chi connectivity index (χ3n) is 4.78. The van der Waals surface area contributed by atoms with Crippen molar-refractivity contribution >= 4 is 34.4 Å². The molecule has 142 valence electrons. The molecule has 8 heteroatoms. The molecule has 0 radical (unpaired) electrons. The quantitative estimate of drug-likeness (QED) is 0.701. The highest BCUT2D eigenvalue weighted by atomic mass is 35.5. The molecule has 1 aliphatic heterocycles. The van der Waals surface area contributed by atoms with Crippen molar-refractivity contribution in [3.63, 3.8) is 0 Å². The van der Waals surface area contributed by atoms with E-state index >= 15 is 0 Å². The predicted molar refractivity (Wildman–Crippen MR) is 108 cm³/mol. The Labute approximate surface area is 163 Å². The van der Waals surface area contributed by atoms with Crippen molar-refractivity contribution in [3.05, 3.63) is 35.7 Å². The van der Waals surface area contributed by atoms with Gasteiger partial charge in [0.25, 0.3) is 0 Å². The van der Waals surface area contributed by atoms with Crippen molar-refractivity contribution < 1.29 is 6.22 Å². The number of nitrogens with one attached hydrogen (secondary N) is 2. The number of carbonyl (C=O) groups excluding carboxylic acids is 1. The first-order chi connectivity index (χ1) is 13.2. The van der Waals surface area contributed by atoms with Crippen LogP contribution in [0.2, 0.25) is 5.02 Å². The molecule has 1 amide bonds. The van der Waals surface area contributed by atoms with E-state index in [2.05, 4.69) is 25.2 Å². The van der Waals surface area contributed by atoms with Gasteiger partial charge in [0.05, 0.1) is 5.02 Å². The van der Waals surface area contributed by atoms with Crippen LogP contribution in [-0.4, -0.2) is 45.0 Å². The monoisotopic (exact) mass is 386 g/mol. The summed E-state index contributed by atoms with van der Waals surface area (Å²) in [6.45, 7) is 3.55. The molecule has 4 heterocycles. The second-order valence-corrected chi connectivity index (χ2v) is 7.07. The van der Waals surface area contributed by atoms with Crippen molar-refractivity contribution in [2.45, 2.75) is 32.2 Å². The number of hydrogen-bond acceptors (Lipinski definition) is 5. The first kappa shape index (κ1) is 17.7. The van der Waals surface area contributed by atoms with Crippen LogP contribution < -0.4 is 10.2 Å². The van der Waals surface area contributed by atoms with E-state index in [0.29, 0.717) is 17.4 Å². The molecule has 3 aromatic heterocycles. The Hall–Kier alpha value is -2.67. The highest BCUT2D eigenvalue weighted by Crippen LogP contribution is 2.30. The fourth-order valence-corrected chi connectivity index (χ4v) is 3.64. The zero-order valence-corrected chi connectivity index (χ0v) is 15.8. The smallest absolute Gasteiger partial charge is 0.242 e. The lowest BCUT2D eigenvalue weighted by molar-refractivity contribution is -0.122. The highest BCUT2D eigenvalue weighted by molar-refractivity contribution is 6.31. The number of halogens is 1. The maximum Gasteiger partial charge on any atom is 0.242 e. The predicted octanol–water partition coefficient (Wildman–Crippen LogP) is 3.41. The average Bonchev–Trinajstić information content (AvgIpc) is 3.33. The number of anilines is 1. The van der Waals surface area contributed by atoms with Crippen LogP contribution >= 0.6 is 11.6 Å². The molecular formula is C19H23ClN6O. The van der Waals surface area contributed by atoms with E-state index in [1.807, 2.05) is 25.3 Å². The minimum atomic E-state index is -0.182. The number of carbonyl (C=O) groups is 1. The maximum absolute atomic E-state index is 12.5. The van der Waals surface area contributed by atoms with Gasteiger partial charge in [0, 0.05) is 44.1 Å². The highest BCUT2D eigenvalue weighted by Gasteiger charge is 2.31. The molecule has 0 unspecified atom stereocenters. The van der Waals surface area contributed by atoms with E-state index in [4.69, 9.17) is 16.6 Å². The Kier molecular flexibility index (Phi) is 4.94. The Balaban J connectivity index is 0.00000225. The largest absolute Gasteiger partial charge is 0.354 e. The van der Waals surface area contributed by atoms with E-state index in [0.717, 1.165) is 48.2 Å². The van der Waals surface area contributed by atoms with Gasteiger partial charge >= 0.3 is 0 Å². The molecule has 0 saturated carbocycles. The van der Waals surface area contributed by atoms with Crippen molar-refractivity contribution in [2.24, 2.45) is 0 Å². The number of nitrogens with zero attached hydrogens (tertiary/aromatic N) is 4. The zero-order valence-electron chi connectivity index (χ0n) is 15.1. The van der Waals surface area contributed by atoms with Gasteiger partial charge in [-0.2, -0.15) is 0 Å². The van der Waals surface area contributed by atoms with Gasteiger partial charge in [-0.05, 0) is 31.4 Å². The number of pyridine rings is 1. The maximum atomic E-state index is 12.5. The van der Waals surface area contributed by atoms with Crippen LogP contribution in [0.5, 0.6) is 0 Å². The molecule has 0 bridgehead atoms. The van der Waals surface area contributed by atoms with Crippen LogP contribution in [0, 0.1) is 0 Å². The van der Waals surface area contributed by atoms with Crippen molar-refractivity contribution in [3.8, 4) is 11.4 Å². The Morgan fingerprint density at radius 1 is 1.48 bits per heavy atom. The molecule has 1 aliphatic rings. The fourth-order valence-electron chi connectivity index (χ4n) is 3.48. The number of hydrogen-bond donors (Lipinski definition) is 2. The number of amides is 1. The molecule has 27 heavy (non-hydrogen) atoms. The van der Waals surface area contributed by atoms with Gasteiger partial charge in [-0.25, -0.2) is 15.0 Å². The summed E-state index contributed by atoms with van der Waals surface area (Å²) in [6, 6.07) is 3.52. The van der Waals surface area contributed by atoms with E-state index in [1.54, 1.807) is 12.4 Å². The van der Waals surface area contributed by atoms with Crippen molar-refractivity contribution in [1.29, 1.82) is 0 Å². The molecule has 3 aromatic rings. The summed E-state index contributed by atoms with van der Waals surface area (Å²) in [6.07, 6.45) is 7.90. The lowest BCUT2D eigenvalue weighted by Crippen LogP contribution is -2.44. The molecule has 4 rings (SSSR count). The molecule has 0 spiro atoms. The van der Waals surface area contributed by atoms with E-state index in [9.17, 15) is 4.79 Å². The fraction of sp³-hybridized carbons (Fsp3) is 0.368. The summed E-state index contributed by atoms with van der Waals surface area (Å²) in [5.41, 5.74) is 1.58. The lowest BCUT2D eigenvalue weighted by Gasteiger charge is -2.25. The van der Waals surface area contributed by atoms with E-state index in [-0.39, 0.29) is 13.4 Å².